The molecule has 0 heterocycles. The molecule has 1 aliphatic carbocycles. The minimum atomic E-state index is -0.721. The third-order valence-electron chi connectivity index (χ3n) is 3.66. The molecule has 0 aromatic carbocycles. The van der Waals surface area contributed by atoms with E-state index in [-0.39, 0.29) is 0 Å². The van der Waals surface area contributed by atoms with Gasteiger partial charge in [-0.2, -0.15) is 0 Å². The topological polar surface area (TPSA) is 55.5 Å². The van der Waals surface area contributed by atoms with Crippen molar-refractivity contribution in [2.24, 2.45) is 11.7 Å². The van der Waals surface area contributed by atoms with E-state index in [1.54, 1.807) is 6.92 Å². The van der Waals surface area contributed by atoms with Crippen LogP contribution in [0.15, 0.2) is 0 Å². The summed E-state index contributed by atoms with van der Waals surface area (Å²) in [6.07, 6.45) is 7.22. The Labute approximate surface area is 99.4 Å². The van der Waals surface area contributed by atoms with Crippen LogP contribution in [-0.2, 0) is 4.74 Å². The number of hydrogen-bond donors (Lipinski definition) is 2. The molecule has 1 rings (SSSR count). The van der Waals surface area contributed by atoms with Crippen molar-refractivity contribution >= 4 is 0 Å². The van der Waals surface area contributed by atoms with Crippen LogP contribution in [0.2, 0.25) is 0 Å². The zero-order valence-corrected chi connectivity index (χ0v) is 10.7. The Kier molecular flexibility index (Phi) is 5.73. The summed E-state index contributed by atoms with van der Waals surface area (Å²) in [6.45, 7) is 5.15. The fraction of sp³-hybridized carbons (Fsp3) is 1.00. The highest BCUT2D eigenvalue weighted by Gasteiger charge is 2.22. The fourth-order valence-electron chi connectivity index (χ4n) is 2.32. The van der Waals surface area contributed by atoms with Gasteiger partial charge in [0.1, 0.15) is 0 Å². The second kappa shape index (κ2) is 6.58. The van der Waals surface area contributed by atoms with E-state index in [1.165, 1.54) is 25.7 Å². The van der Waals surface area contributed by atoms with E-state index in [1.807, 2.05) is 0 Å². The Balaban J connectivity index is 2.10. The zero-order valence-electron chi connectivity index (χ0n) is 10.7. The van der Waals surface area contributed by atoms with Crippen molar-refractivity contribution in [2.75, 3.05) is 13.2 Å². The Morgan fingerprint density at radius 2 is 2.06 bits per heavy atom. The number of rotatable bonds is 6. The van der Waals surface area contributed by atoms with Gasteiger partial charge in [0.15, 0.2) is 0 Å². The summed E-state index contributed by atoms with van der Waals surface area (Å²) >= 11 is 0. The smallest absolute Gasteiger partial charge is 0.0742 e. The van der Waals surface area contributed by atoms with Crippen LogP contribution in [-0.4, -0.2) is 30.0 Å². The molecule has 1 saturated carbocycles. The molecule has 3 heteroatoms. The Hall–Kier alpha value is -0.120. The van der Waals surface area contributed by atoms with Crippen molar-refractivity contribution in [3.63, 3.8) is 0 Å². The van der Waals surface area contributed by atoms with Crippen molar-refractivity contribution in [3.8, 4) is 0 Å². The molecule has 16 heavy (non-hydrogen) atoms. The maximum Gasteiger partial charge on any atom is 0.0742 e. The third-order valence-corrected chi connectivity index (χ3v) is 3.66. The first kappa shape index (κ1) is 13.9. The second-order valence-electron chi connectivity index (χ2n) is 5.48. The monoisotopic (exact) mass is 229 g/mol. The molecular formula is C13H27NO2. The van der Waals surface area contributed by atoms with Crippen LogP contribution in [0, 0.1) is 5.92 Å². The summed E-state index contributed by atoms with van der Waals surface area (Å²) in [5.74, 6) is 0.698. The Bertz CT molecular complexity index is 194. The normalized spacial score (nSPS) is 30.0. The molecule has 3 unspecified atom stereocenters. The number of ether oxygens (including phenoxy) is 1. The Morgan fingerprint density at radius 3 is 2.69 bits per heavy atom. The van der Waals surface area contributed by atoms with Crippen LogP contribution >= 0.6 is 0 Å². The average Bonchev–Trinajstić information content (AvgIpc) is 2.27. The van der Waals surface area contributed by atoms with E-state index in [2.05, 4.69) is 6.92 Å². The van der Waals surface area contributed by atoms with Crippen molar-refractivity contribution in [2.45, 2.75) is 64.1 Å². The highest BCUT2D eigenvalue weighted by Crippen LogP contribution is 2.26. The molecule has 0 aromatic rings. The lowest BCUT2D eigenvalue weighted by molar-refractivity contribution is -0.0170. The van der Waals surface area contributed by atoms with Gasteiger partial charge in [0, 0.05) is 13.2 Å². The molecule has 0 spiro atoms. The van der Waals surface area contributed by atoms with E-state index in [0.29, 0.717) is 18.6 Å². The SMILES string of the molecule is CC1CCCCC1OCCCC(C)(O)CN. The van der Waals surface area contributed by atoms with Gasteiger partial charge in [-0.05, 0) is 38.5 Å². The molecular weight excluding hydrogens is 202 g/mol. The quantitative estimate of drug-likeness (QED) is 0.686. The predicted molar refractivity (Wildman–Crippen MR) is 66.3 cm³/mol. The third kappa shape index (κ3) is 4.81. The van der Waals surface area contributed by atoms with Crippen molar-refractivity contribution in [1.29, 1.82) is 0 Å². The first-order chi connectivity index (χ1) is 7.55. The van der Waals surface area contributed by atoms with Crippen molar-refractivity contribution in [1.82, 2.24) is 0 Å². The van der Waals surface area contributed by atoms with Gasteiger partial charge in [0.25, 0.3) is 0 Å². The average molecular weight is 229 g/mol. The van der Waals surface area contributed by atoms with Crippen LogP contribution in [0.4, 0.5) is 0 Å². The molecule has 0 saturated heterocycles. The first-order valence-corrected chi connectivity index (χ1v) is 6.59. The minimum absolute atomic E-state index is 0.326. The lowest BCUT2D eigenvalue weighted by atomic mass is 9.88. The summed E-state index contributed by atoms with van der Waals surface area (Å²) in [4.78, 5) is 0. The molecule has 0 aromatic heterocycles. The first-order valence-electron chi connectivity index (χ1n) is 6.59. The molecule has 0 bridgehead atoms. The summed E-state index contributed by atoms with van der Waals surface area (Å²) in [5.41, 5.74) is 4.74. The number of hydrogen-bond acceptors (Lipinski definition) is 3. The van der Waals surface area contributed by atoms with Crippen molar-refractivity contribution in [3.05, 3.63) is 0 Å². The molecule has 3 nitrogen and oxygen atoms in total. The van der Waals surface area contributed by atoms with Gasteiger partial charge >= 0.3 is 0 Å². The molecule has 1 aliphatic rings. The largest absolute Gasteiger partial charge is 0.389 e. The predicted octanol–water partition coefficient (Wildman–Crippen LogP) is 2.07. The molecule has 0 amide bonds. The van der Waals surface area contributed by atoms with E-state index in [9.17, 15) is 5.11 Å². The maximum absolute atomic E-state index is 9.73. The van der Waals surface area contributed by atoms with E-state index in [4.69, 9.17) is 10.5 Å². The minimum Gasteiger partial charge on any atom is -0.389 e. The van der Waals surface area contributed by atoms with Gasteiger partial charge in [-0.1, -0.05) is 19.8 Å². The van der Waals surface area contributed by atoms with E-state index in [0.717, 1.165) is 19.4 Å². The van der Waals surface area contributed by atoms with Crippen molar-refractivity contribution < 1.29 is 9.84 Å². The highest BCUT2D eigenvalue weighted by atomic mass is 16.5. The van der Waals surface area contributed by atoms with Gasteiger partial charge in [-0.3, -0.25) is 0 Å². The molecule has 0 aliphatic heterocycles. The lowest BCUT2D eigenvalue weighted by Gasteiger charge is -2.29. The molecule has 3 atom stereocenters. The van der Waals surface area contributed by atoms with Crippen LogP contribution in [0.1, 0.15) is 52.4 Å². The van der Waals surface area contributed by atoms with Crippen LogP contribution in [0.3, 0.4) is 0 Å². The van der Waals surface area contributed by atoms with Crippen LogP contribution in [0.25, 0.3) is 0 Å². The molecule has 96 valence electrons. The second-order valence-corrected chi connectivity index (χ2v) is 5.48. The molecule has 0 radical (unpaired) electrons. The lowest BCUT2D eigenvalue weighted by Crippen LogP contribution is -2.34. The summed E-state index contributed by atoms with van der Waals surface area (Å²) < 4.78 is 5.88. The van der Waals surface area contributed by atoms with E-state index >= 15 is 0 Å². The summed E-state index contributed by atoms with van der Waals surface area (Å²) in [5, 5.41) is 9.73. The number of aliphatic hydroxyl groups is 1. The molecule has 3 N–H and O–H groups in total. The van der Waals surface area contributed by atoms with Gasteiger partial charge in [-0.25, -0.2) is 0 Å². The summed E-state index contributed by atoms with van der Waals surface area (Å²) in [7, 11) is 0. The van der Waals surface area contributed by atoms with Gasteiger partial charge in [0.05, 0.1) is 11.7 Å². The molecule has 1 fully saturated rings. The fourth-order valence-corrected chi connectivity index (χ4v) is 2.32. The number of nitrogens with two attached hydrogens (primary N) is 1. The van der Waals surface area contributed by atoms with E-state index < -0.39 is 5.60 Å². The standard InChI is InChI=1S/C13H27NO2/c1-11-6-3-4-7-12(11)16-9-5-8-13(2,15)10-14/h11-12,15H,3-10,14H2,1-2H3. The Morgan fingerprint density at radius 1 is 1.38 bits per heavy atom. The highest BCUT2D eigenvalue weighted by molar-refractivity contribution is 4.74. The van der Waals surface area contributed by atoms with Gasteiger partial charge < -0.3 is 15.6 Å². The van der Waals surface area contributed by atoms with Crippen LogP contribution in [0.5, 0.6) is 0 Å². The van der Waals surface area contributed by atoms with Gasteiger partial charge in [0.2, 0.25) is 0 Å². The van der Waals surface area contributed by atoms with Crippen LogP contribution < -0.4 is 5.73 Å². The summed E-state index contributed by atoms with van der Waals surface area (Å²) in [6, 6.07) is 0. The maximum atomic E-state index is 9.73. The zero-order chi connectivity index (χ0) is 12.0. The van der Waals surface area contributed by atoms with Gasteiger partial charge in [-0.15, -0.1) is 0 Å².